The first-order valence-electron chi connectivity index (χ1n) is 6.54. The molecule has 0 aliphatic heterocycles. The summed E-state index contributed by atoms with van der Waals surface area (Å²) in [5.74, 6) is 0. The molecule has 106 valence electrons. The number of nitrogens with zero attached hydrogens (tertiary/aromatic N) is 3. The Kier molecular flexibility index (Phi) is 4.16. The SMILES string of the molecule is CC1(CNCC(O)Cn2cc([N+](=O)[O-])cn2)CCC1. The third kappa shape index (κ3) is 3.74. The molecule has 2 rings (SSSR count). The topological polar surface area (TPSA) is 93.2 Å². The molecule has 7 nitrogen and oxygen atoms in total. The second-order valence-electron chi connectivity index (χ2n) is 5.63. The van der Waals surface area contributed by atoms with Crippen LogP contribution in [0, 0.1) is 15.5 Å². The minimum absolute atomic E-state index is 0.0536. The Morgan fingerprint density at radius 3 is 2.95 bits per heavy atom. The molecule has 1 atom stereocenters. The number of nitro groups is 1. The highest BCUT2D eigenvalue weighted by molar-refractivity contribution is 5.20. The molecule has 0 saturated heterocycles. The zero-order chi connectivity index (χ0) is 13.9. The predicted octanol–water partition coefficient (Wildman–Crippen LogP) is 0.932. The van der Waals surface area contributed by atoms with E-state index in [9.17, 15) is 15.2 Å². The molecular formula is C12H20N4O3. The summed E-state index contributed by atoms with van der Waals surface area (Å²) in [6.07, 6.45) is 5.69. The van der Waals surface area contributed by atoms with Gasteiger partial charge in [0, 0.05) is 13.1 Å². The molecule has 1 fully saturated rings. The Balaban J connectivity index is 1.71. The van der Waals surface area contributed by atoms with Crippen molar-refractivity contribution in [1.82, 2.24) is 15.1 Å². The summed E-state index contributed by atoms with van der Waals surface area (Å²) < 4.78 is 1.40. The van der Waals surface area contributed by atoms with Crippen LogP contribution in [0.4, 0.5) is 5.69 Å². The van der Waals surface area contributed by atoms with E-state index in [4.69, 9.17) is 0 Å². The lowest BCUT2D eigenvalue weighted by molar-refractivity contribution is -0.385. The standard InChI is InChI=1S/C12H20N4O3/c1-12(3-2-4-12)9-13-6-11(17)8-15-7-10(5-14-15)16(18)19/h5,7,11,13,17H,2-4,6,8-9H2,1H3. The van der Waals surface area contributed by atoms with Gasteiger partial charge in [0.05, 0.1) is 17.6 Å². The molecule has 1 heterocycles. The van der Waals surface area contributed by atoms with Crippen molar-refractivity contribution in [3.8, 4) is 0 Å². The van der Waals surface area contributed by atoms with Gasteiger partial charge < -0.3 is 10.4 Å². The average Bonchev–Trinajstić information content (AvgIpc) is 2.75. The summed E-state index contributed by atoms with van der Waals surface area (Å²) >= 11 is 0. The van der Waals surface area contributed by atoms with Crippen LogP contribution in [-0.2, 0) is 6.54 Å². The fraction of sp³-hybridized carbons (Fsp3) is 0.750. The molecule has 1 aromatic heterocycles. The zero-order valence-corrected chi connectivity index (χ0v) is 11.1. The number of aliphatic hydroxyl groups is 1. The molecule has 0 aromatic carbocycles. The molecule has 1 saturated carbocycles. The van der Waals surface area contributed by atoms with Gasteiger partial charge in [0.1, 0.15) is 12.4 Å². The Hall–Kier alpha value is -1.47. The second kappa shape index (κ2) is 5.66. The van der Waals surface area contributed by atoms with E-state index in [0.717, 1.165) is 6.54 Å². The molecule has 2 N–H and O–H groups in total. The highest BCUT2D eigenvalue weighted by Crippen LogP contribution is 2.39. The lowest BCUT2D eigenvalue weighted by Gasteiger charge is -2.38. The maximum atomic E-state index is 10.5. The summed E-state index contributed by atoms with van der Waals surface area (Å²) in [5, 5.41) is 27.4. The van der Waals surface area contributed by atoms with Crippen LogP contribution in [0.3, 0.4) is 0 Å². The smallest absolute Gasteiger partial charge is 0.306 e. The number of aromatic nitrogens is 2. The number of aliphatic hydroxyl groups excluding tert-OH is 1. The second-order valence-corrected chi connectivity index (χ2v) is 5.63. The molecule has 1 aliphatic rings. The van der Waals surface area contributed by atoms with Gasteiger partial charge >= 0.3 is 5.69 Å². The van der Waals surface area contributed by atoms with Crippen molar-refractivity contribution in [1.29, 1.82) is 0 Å². The number of nitrogens with one attached hydrogen (secondary N) is 1. The number of rotatable bonds is 7. The van der Waals surface area contributed by atoms with Crippen molar-refractivity contribution in [2.45, 2.75) is 38.8 Å². The van der Waals surface area contributed by atoms with E-state index in [1.54, 1.807) is 0 Å². The lowest BCUT2D eigenvalue weighted by Crippen LogP contribution is -2.40. The van der Waals surface area contributed by atoms with Crippen molar-refractivity contribution < 1.29 is 10.0 Å². The molecular weight excluding hydrogens is 248 g/mol. The molecule has 0 amide bonds. The van der Waals surface area contributed by atoms with Crippen LogP contribution in [0.5, 0.6) is 0 Å². The largest absolute Gasteiger partial charge is 0.390 e. The normalized spacial score (nSPS) is 18.8. The van der Waals surface area contributed by atoms with Crippen LogP contribution in [-0.4, -0.2) is 39.0 Å². The van der Waals surface area contributed by atoms with Gasteiger partial charge in [-0.05, 0) is 18.3 Å². The van der Waals surface area contributed by atoms with E-state index in [1.165, 1.54) is 36.3 Å². The van der Waals surface area contributed by atoms with Crippen molar-refractivity contribution >= 4 is 5.69 Å². The first-order valence-corrected chi connectivity index (χ1v) is 6.54. The van der Waals surface area contributed by atoms with E-state index in [2.05, 4.69) is 17.3 Å². The fourth-order valence-corrected chi connectivity index (χ4v) is 2.32. The summed E-state index contributed by atoms with van der Waals surface area (Å²) in [5.41, 5.74) is 0.326. The third-order valence-corrected chi connectivity index (χ3v) is 3.72. The van der Waals surface area contributed by atoms with Crippen LogP contribution in [0.1, 0.15) is 26.2 Å². The van der Waals surface area contributed by atoms with Gasteiger partial charge in [-0.15, -0.1) is 0 Å². The van der Waals surface area contributed by atoms with E-state index < -0.39 is 11.0 Å². The maximum Gasteiger partial charge on any atom is 0.306 e. The Labute approximate surface area is 111 Å². The highest BCUT2D eigenvalue weighted by Gasteiger charge is 2.31. The summed E-state index contributed by atoms with van der Waals surface area (Å²) in [4.78, 5) is 10.0. The van der Waals surface area contributed by atoms with Crippen molar-refractivity contribution in [2.24, 2.45) is 5.41 Å². The molecule has 0 radical (unpaired) electrons. The van der Waals surface area contributed by atoms with E-state index >= 15 is 0 Å². The minimum Gasteiger partial charge on any atom is -0.390 e. The van der Waals surface area contributed by atoms with Crippen LogP contribution in [0.15, 0.2) is 12.4 Å². The van der Waals surface area contributed by atoms with Crippen LogP contribution in [0.25, 0.3) is 0 Å². The van der Waals surface area contributed by atoms with Crippen LogP contribution in [0.2, 0.25) is 0 Å². The quantitative estimate of drug-likeness (QED) is 0.567. The molecule has 19 heavy (non-hydrogen) atoms. The van der Waals surface area contributed by atoms with Gasteiger partial charge in [-0.2, -0.15) is 5.10 Å². The fourth-order valence-electron chi connectivity index (χ4n) is 2.32. The monoisotopic (exact) mass is 268 g/mol. The zero-order valence-electron chi connectivity index (χ0n) is 11.1. The first kappa shape index (κ1) is 14.0. The van der Waals surface area contributed by atoms with Crippen LogP contribution < -0.4 is 5.32 Å². The van der Waals surface area contributed by atoms with Crippen molar-refractivity contribution in [2.75, 3.05) is 13.1 Å². The molecule has 1 unspecified atom stereocenters. The Bertz CT molecular complexity index is 442. The summed E-state index contributed by atoms with van der Waals surface area (Å²) in [7, 11) is 0. The summed E-state index contributed by atoms with van der Waals surface area (Å²) in [6, 6.07) is 0. The van der Waals surface area contributed by atoms with Crippen molar-refractivity contribution in [3.05, 3.63) is 22.5 Å². The predicted molar refractivity (Wildman–Crippen MR) is 69.7 cm³/mol. The van der Waals surface area contributed by atoms with E-state index in [1.807, 2.05) is 0 Å². The maximum absolute atomic E-state index is 10.5. The van der Waals surface area contributed by atoms with E-state index in [0.29, 0.717) is 12.0 Å². The van der Waals surface area contributed by atoms with Crippen LogP contribution >= 0.6 is 0 Å². The van der Waals surface area contributed by atoms with Gasteiger partial charge in [-0.25, -0.2) is 0 Å². The Morgan fingerprint density at radius 1 is 1.68 bits per heavy atom. The number of hydrogen-bond donors (Lipinski definition) is 2. The van der Waals surface area contributed by atoms with Gasteiger partial charge in [0.25, 0.3) is 0 Å². The highest BCUT2D eigenvalue weighted by atomic mass is 16.6. The summed E-state index contributed by atoms with van der Waals surface area (Å²) in [6.45, 7) is 3.89. The Morgan fingerprint density at radius 2 is 2.42 bits per heavy atom. The van der Waals surface area contributed by atoms with Gasteiger partial charge in [-0.3, -0.25) is 14.8 Å². The molecule has 0 bridgehead atoms. The number of hydrogen-bond acceptors (Lipinski definition) is 5. The molecule has 1 aliphatic carbocycles. The molecule has 1 aromatic rings. The van der Waals surface area contributed by atoms with Crippen molar-refractivity contribution in [3.63, 3.8) is 0 Å². The molecule has 7 heteroatoms. The van der Waals surface area contributed by atoms with E-state index in [-0.39, 0.29) is 12.2 Å². The minimum atomic E-state index is -0.594. The lowest BCUT2D eigenvalue weighted by atomic mass is 9.70. The first-order chi connectivity index (χ1) is 8.98. The van der Waals surface area contributed by atoms with Gasteiger partial charge in [0.2, 0.25) is 0 Å². The average molecular weight is 268 g/mol. The van der Waals surface area contributed by atoms with Gasteiger partial charge in [0.15, 0.2) is 0 Å². The molecule has 0 spiro atoms. The third-order valence-electron chi connectivity index (χ3n) is 3.72. The van der Waals surface area contributed by atoms with Gasteiger partial charge in [-0.1, -0.05) is 13.3 Å².